The average Bonchev–Trinajstić information content (AvgIpc) is 2.38. The number of carbonyl (C=O) groups is 1. The molecule has 0 fully saturated rings. The van der Waals surface area contributed by atoms with Gasteiger partial charge in [0.15, 0.2) is 0 Å². The molecule has 19 heavy (non-hydrogen) atoms. The lowest BCUT2D eigenvalue weighted by Crippen LogP contribution is -2.28. The molecule has 5 heteroatoms. The van der Waals surface area contributed by atoms with Gasteiger partial charge in [-0.15, -0.1) is 0 Å². The van der Waals surface area contributed by atoms with E-state index in [1.165, 1.54) is 0 Å². The van der Waals surface area contributed by atoms with Gasteiger partial charge in [-0.05, 0) is 24.5 Å². The fraction of sp³-hybridized carbons (Fsp3) is 0.571. The van der Waals surface area contributed by atoms with Crippen LogP contribution in [0, 0.1) is 5.92 Å². The first-order valence-electron chi connectivity index (χ1n) is 6.51. The maximum absolute atomic E-state index is 11.8. The number of carbonyl (C=O) groups excluding carboxylic acids is 1. The lowest BCUT2D eigenvalue weighted by molar-refractivity contribution is 0.0920. The average molecular weight is 265 g/mol. The Morgan fingerprint density at radius 3 is 2.58 bits per heavy atom. The van der Waals surface area contributed by atoms with E-state index in [1.807, 2.05) is 32.8 Å². The van der Waals surface area contributed by atoms with E-state index in [2.05, 4.69) is 10.3 Å². The van der Waals surface area contributed by atoms with E-state index in [-0.39, 0.29) is 17.9 Å². The summed E-state index contributed by atoms with van der Waals surface area (Å²) >= 11 is 0. The van der Waals surface area contributed by atoms with Crippen LogP contribution in [0.2, 0.25) is 0 Å². The first-order valence-corrected chi connectivity index (χ1v) is 6.51. The molecule has 0 spiro atoms. The molecular weight excluding hydrogens is 242 g/mol. The summed E-state index contributed by atoms with van der Waals surface area (Å²) in [5.74, 6) is 0.860. The summed E-state index contributed by atoms with van der Waals surface area (Å²) in [6, 6.07) is 3.55. The fourth-order valence-corrected chi connectivity index (χ4v) is 1.55. The lowest BCUT2D eigenvalue weighted by atomic mass is 10.0. The number of aliphatic hydroxyl groups is 1. The molecule has 1 amide bonds. The van der Waals surface area contributed by atoms with Crippen molar-refractivity contribution in [3.63, 3.8) is 0 Å². The second-order valence-corrected chi connectivity index (χ2v) is 5.16. The summed E-state index contributed by atoms with van der Waals surface area (Å²) in [7, 11) is 3.80. The van der Waals surface area contributed by atoms with Crippen LogP contribution in [-0.4, -0.2) is 42.7 Å². The molecular formula is C14H23N3O2. The minimum Gasteiger partial charge on any atom is -0.393 e. The molecule has 0 aliphatic rings. The third kappa shape index (κ3) is 4.87. The van der Waals surface area contributed by atoms with Gasteiger partial charge in [0.1, 0.15) is 5.82 Å². The van der Waals surface area contributed by atoms with Crippen LogP contribution in [-0.2, 0) is 0 Å². The molecule has 1 aromatic heterocycles. The van der Waals surface area contributed by atoms with Crippen LogP contribution in [0.3, 0.4) is 0 Å². The maximum atomic E-state index is 11.8. The van der Waals surface area contributed by atoms with Crippen molar-refractivity contribution in [3.8, 4) is 0 Å². The van der Waals surface area contributed by atoms with Crippen molar-refractivity contribution in [2.75, 3.05) is 25.5 Å². The van der Waals surface area contributed by atoms with Gasteiger partial charge < -0.3 is 15.3 Å². The van der Waals surface area contributed by atoms with Gasteiger partial charge in [-0.3, -0.25) is 4.79 Å². The van der Waals surface area contributed by atoms with E-state index in [0.717, 1.165) is 5.82 Å². The molecule has 0 saturated carbocycles. The third-order valence-electron chi connectivity index (χ3n) is 2.96. The molecule has 1 rings (SSSR count). The predicted molar refractivity (Wildman–Crippen MR) is 76.4 cm³/mol. The Kier molecular flexibility index (Phi) is 5.76. The van der Waals surface area contributed by atoms with Crippen LogP contribution < -0.4 is 10.2 Å². The van der Waals surface area contributed by atoms with Gasteiger partial charge in [0.25, 0.3) is 5.91 Å². The molecule has 0 radical (unpaired) electrons. The molecule has 1 heterocycles. The number of anilines is 1. The number of hydrogen-bond donors (Lipinski definition) is 2. The van der Waals surface area contributed by atoms with Crippen molar-refractivity contribution in [3.05, 3.63) is 23.9 Å². The second kappa shape index (κ2) is 7.09. The van der Waals surface area contributed by atoms with Gasteiger partial charge >= 0.3 is 0 Å². The predicted octanol–water partition coefficient (Wildman–Crippen LogP) is 1.28. The smallest absolute Gasteiger partial charge is 0.252 e. The van der Waals surface area contributed by atoms with Crippen LogP contribution in [0.1, 0.15) is 30.6 Å². The van der Waals surface area contributed by atoms with Crippen molar-refractivity contribution >= 4 is 11.7 Å². The molecule has 1 unspecified atom stereocenters. The molecule has 1 atom stereocenters. The Bertz CT molecular complexity index is 402. The number of aliphatic hydroxyl groups excluding tert-OH is 1. The molecule has 106 valence electrons. The number of pyridine rings is 1. The quantitative estimate of drug-likeness (QED) is 0.813. The fourth-order valence-electron chi connectivity index (χ4n) is 1.55. The highest BCUT2D eigenvalue weighted by Crippen LogP contribution is 2.08. The van der Waals surface area contributed by atoms with E-state index in [4.69, 9.17) is 0 Å². The summed E-state index contributed by atoms with van der Waals surface area (Å²) in [4.78, 5) is 17.9. The third-order valence-corrected chi connectivity index (χ3v) is 2.96. The topological polar surface area (TPSA) is 65.5 Å². The zero-order valence-electron chi connectivity index (χ0n) is 12.1. The van der Waals surface area contributed by atoms with Crippen molar-refractivity contribution in [1.82, 2.24) is 10.3 Å². The van der Waals surface area contributed by atoms with Crippen LogP contribution in [0.15, 0.2) is 18.3 Å². The van der Waals surface area contributed by atoms with Gasteiger partial charge in [-0.25, -0.2) is 4.98 Å². The minimum absolute atomic E-state index is 0.159. The standard InChI is InChI=1S/C14H23N3O2/c1-10(2)12(18)7-8-15-14(19)11-5-6-13(16-9-11)17(3)4/h5-6,9-10,12,18H,7-8H2,1-4H3,(H,15,19). The second-order valence-electron chi connectivity index (χ2n) is 5.16. The van der Waals surface area contributed by atoms with Crippen molar-refractivity contribution < 1.29 is 9.90 Å². The molecule has 1 aromatic rings. The normalized spacial score (nSPS) is 12.3. The van der Waals surface area contributed by atoms with E-state index in [0.29, 0.717) is 18.5 Å². The minimum atomic E-state index is -0.380. The molecule has 2 N–H and O–H groups in total. The highest BCUT2D eigenvalue weighted by atomic mass is 16.3. The monoisotopic (exact) mass is 265 g/mol. The molecule has 0 saturated heterocycles. The SMILES string of the molecule is CC(C)C(O)CCNC(=O)c1ccc(N(C)C)nc1. The van der Waals surface area contributed by atoms with Crippen LogP contribution in [0.5, 0.6) is 0 Å². The van der Waals surface area contributed by atoms with E-state index in [1.54, 1.807) is 18.3 Å². The number of amides is 1. The van der Waals surface area contributed by atoms with Gasteiger partial charge in [0, 0.05) is 26.8 Å². The summed E-state index contributed by atoms with van der Waals surface area (Å²) in [6.45, 7) is 4.38. The molecule has 0 aromatic carbocycles. The van der Waals surface area contributed by atoms with Gasteiger partial charge in [0.05, 0.1) is 11.7 Å². The Morgan fingerprint density at radius 1 is 1.42 bits per heavy atom. The Balaban J connectivity index is 2.45. The largest absolute Gasteiger partial charge is 0.393 e. The van der Waals surface area contributed by atoms with Crippen molar-refractivity contribution in [1.29, 1.82) is 0 Å². The van der Waals surface area contributed by atoms with E-state index >= 15 is 0 Å². The highest BCUT2D eigenvalue weighted by Gasteiger charge is 2.10. The molecule has 0 bridgehead atoms. The molecule has 5 nitrogen and oxygen atoms in total. The molecule has 0 aliphatic carbocycles. The first kappa shape index (κ1) is 15.4. The summed E-state index contributed by atoms with van der Waals surface area (Å²) < 4.78 is 0. The number of rotatable bonds is 6. The van der Waals surface area contributed by atoms with Crippen molar-refractivity contribution in [2.45, 2.75) is 26.4 Å². The van der Waals surface area contributed by atoms with Gasteiger partial charge in [0.2, 0.25) is 0 Å². The van der Waals surface area contributed by atoms with Gasteiger partial charge in [-0.2, -0.15) is 0 Å². The Hall–Kier alpha value is -1.62. The first-order chi connectivity index (χ1) is 8.91. The zero-order valence-corrected chi connectivity index (χ0v) is 12.1. The van der Waals surface area contributed by atoms with Gasteiger partial charge in [-0.1, -0.05) is 13.8 Å². The Labute approximate surface area is 114 Å². The van der Waals surface area contributed by atoms with E-state index in [9.17, 15) is 9.90 Å². The van der Waals surface area contributed by atoms with Crippen LogP contribution >= 0.6 is 0 Å². The maximum Gasteiger partial charge on any atom is 0.252 e. The number of hydrogen-bond acceptors (Lipinski definition) is 4. The summed E-state index contributed by atoms with van der Waals surface area (Å²) in [6.07, 6.45) is 1.74. The highest BCUT2D eigenvalue weighted by molar-refractivity contribution is 5.94. The number of aromatic nitrogens is 1. The summed E-state index contributed by atoms with van der Waals surface area (Å²) in [5, 5.41) is 12.4. The van der Waals surface area contributed by atoms with Crippen LogP contribution in [0.4, 0.5) is 5.82 Å². The van der Waals surface area contributed by atoms with Crippen molar-refractivity contribution in [2.24, 2.45) is 5.92 Å². The van der Waals surface area contributed by atoms with Crippen LogP contribution in [0.25, 0.3) is 0 Å². The zero-order chi connectivity index (χ0) is 14.4. The Morgan fingerprint density at radius 2 is 2.11 bits per heavy atom. The lowest BCUT2D eigenvalue weighted by Gasteiger charge is -2.14. The number of nitrogens with zero attached hydrogens (tertiary/aromatic N) is 2. The molecule has 0 aliphatic heterocycles. The van der Waals surface area contributed by atoms with E-state index < -0.39 is 0 Å². The summed E-state index contributed by atoms with van der Waals surface area (Å²) in [5.41, 5.74) is 0.532. The number of nitrogens with one attached hydrogen (secondary N) is 1.